The first kappa shape index (κ1) is 12.1. The zero-order valence-electron chi connectivity index (χ0n) is 8.45. The van der Waals surface area contributed by atoms with Crippen LogP contribution in [0, 0.1) is 4.91 Å². The molecule has 0 radical (unpaired) electrons. The molecule has 76 valence electrons. The summed E-state index contributed by atoms with van der Waals surface area (Å²) in [5.41, 5.74) is 1.01. The average Bonchev–Trinajstić information content (AvgIpc) is 2.16. The van der Waals surface area contributed by atoms with Crippen molar-refractivity contribution in [3.8, 4) is 0 Å². The zero-order valence-corrected chi connectivity index (χ0v) is 8.45. The summed E-state index contributed by atoms with van der Waals surface area (Å²) in [7, 11) is 0. The second-order valence-electron chi connectivity index (χ2n) is 2.93. The number of nitroso groups, excluding NO2 is 1. The monoisotopic (exact) mass is 186 g/mol. The Morgan fingerprint density at radius 1 is 1.31 bits per heavy atom. The molecular formula is C9H18N2O2. The molecule has 0 spiro atoms. The minimum atomic E-state index is 0.414. The fourth-order valence-corrected chi connectivity index (χ4v) is 0.740. The van der Waals surface area contributed by atoms with Gasteiger partial charge < -0.3 is 4.84 Å². The summed E-state index contributed by atoms with van der Waals surface area (Å²) in [4.78, 5) is 14.8. The molecule has 0 N–H and O–H groups in total. The van der Waals surface area contributed by atoms with Crippen molar-refractivity contribution in [1.29, 1.82) is 0 Å². The number of unbranched alkanes of at least 4 members (excludes halogenated alkanes) is 2. The molecule has 0 rings (SSSR count). The highest BCUT2D eigenvalue weighted by atomic mass is 16.6. The zero-order chi connectivity index (χ0) is 9.94. The van der Waals surface area contributed by atoms with Crippen LogP contribution in [0.5, 0.6) is 0 Å². The topological polar surface area (TPSA) is 51.0 Å². The lowest BCUT2D eigenvalue weighted by atomic mass is 10.2. The highest BCUT2D eigenvalue weighted by Crippen LogP contribution is 1.96. The Hall–Kier alpha value is -0.930. The van der Waals surface area contributed by atoms with E-state index in [9.17, 15) is 4.91 Å². The molecule has 0 aliphatic rings. The maximum Gasteiger partial charge on any atom is 0.117 e. The maximum absolute atomic E-state index is 9.72. The molecule has 0 aliphatic heterocycles. The van der Waals surface area contributed by atoms with Gasteiger partial charge in [-0.1, -0.05) is 17.3 Å². The molecule has 4 heteroatoms. The summed E-state index contributed by atoms with van der Waals surface area (Å²) in [6, 6.07) is 0. The molecule has 0 atom stereocenters. The molecule has 0 unspecified atom stereocenters. The van der Waals surface area contributed by atoms with Crippen LogP contribution < -0.4 is 0 Å². The Morgan fingerprint density at radius 2 is 2.08 bits per heavy atom. The largest absolute Gasteiger partial charge is 0.396 e. The quantitative estimate of drug-likeness (QED) is 0.253. The fourth-order valence-electron chi connectivity index (χ4n) is 0.740. The van der Waals surface area contributed by atoms with E-state index in [0.717, 1.165) is 31.4 Å². The van der Waals surface area contributed by atoms with Crippen LogP contribution in [0.2, 0.25) is 0 Å². The SMILES string of the molecule is CC/C(C)=N/OCCCCCN=O. The lowest BCUT2D eigenvalue weighted by Crippen LogP contribution is -1.93. The van der Waals surface area contributed by atoms with Crippen molar-refractivity contribution in [3.63, 3.8) is 0 Å². The molecule has 0 amide bonds. The van der Waals surface area contributed by atoms with Gasteiger partial charge in [0.15, 0.2) is 0 Å². The first-order valence-corrected chi connectivity index (χ1v) is 4.75. The molecule has 0 aromatic carbocycles. The summed E-state index contributed by atoms with van der Waals surface area (Å²) in [5, 5.41) is 6.67. The second-order valence-corrected chi connectivity index (χ2v) is 2.93. The summed E-state index contributed by atoms with van der Waals surface area (Å²) in [5.74, 6) is 0. The van der Waals surface area contributed by atoms with E-state index in [1.54, 1.807) is 0 Å². The van der Waals surface area contributed by atoms with Crippen molar-refractivity contribution in [2.75, 3.05) is 13.2 Å². The van der Waals surface area contributed by atoms with Crippen molar-refractivity contribution in [2.24, 2.45) is 10.3 Å². The van der Waals surface area contributed by atoms with E-state index < -0.39 is 0 Å². The average molecular weight is 186 g/mol. The predicted molar refractivity (Wildman–Crippen MR) is 53.9 cm³/mol. The Balaban J connectivity index is 3.12. The third kappa shape index (κ3) is 8.98. The van der Waals surface area contributed by atoms with Crippen molar-refractivity contribution in [3.05, 3.63) is 4.91 Å². The fraction of sp³-hybridized carbons (Fsp3) is 0.889. The number of oxime groups is 1. The molecule has 0 saturated heterocycles. The van der Waals surface area contributed by atoms with Gasteiger partial charge in [-0.3, -0.25) is 0 Å². The van der Waals surface area contributed by atoms with E-state index in [1.165, 1.54) is 0 Å². The Morgan fingerprint density at radius 3 is 2.69 bits per heavy atom. The lowest BCUT2D eigenvalue weighted by Gasteiger charge is -1.99. The molecule has 0 aromatic heterocycles. The number of hydrogen-bond donors (Lipinski definition) is 0. The summed E-state index contributed by atoms with van der Waals surface area (Å²) >= 11 is 0. The van der Waals surface area contributed by atoms with E-state index in [1.807, 2.05) is 13.8 Å². The lowest BCUT2D eigenvalue weighted by molar-refractivity contribution is 0.139. The number of rotatable bonds is 8. The third-order valence-electron chi connectivity index (χ3n) is 1.72. The van der Waals surface area contributed by atoms with Crippen molar-refractivity contribution < 1.29 is 4.84 Å². The van der Waals surface area contributed by atoms with Gasteiger partial charge in [-0.25, -0.2) is 0 Å². The van der Waals surface area contributed by atoms with E-state index in [-0.39, 0.29) is 0 Å². The minimum absolute atomic E-state index is 0.414. The molecule has 0 saturated carbocycles. The van der Waals surface area contributed by atoms with E-state index in [0.29, 0.717) is 13.2 Å². The van der Waals surface area contributed by atoms with E-state index in [2.05, 4.69) is 10.3 Å². The minimum Gasteiger partial charge on any atom is -0.396 e. The Bertz CT molecular complexity index is 158. The van der Waals surface area contributed by atoms with Gasteiger partial charge in [-0.2, -0.15) is 4.91 Å². The van der Waals surface area contributed by atoms with Gasteiger partial charge >= 0.3 is 0 Å². The maximum atomic E-state index is 9.72. The molecule has 13 heavy (non-hydrogen) atoms. The molecule has 0 aliphatic carbocycles. The first-order valence-electron chi connectivity index (χ1n) is 4.75. The normalized spacial score (nSPS) is 11.4. The van der Waals surface area contributed by atoms with Gasteiger partial charge in [0.1, 0.15) is 6.61 Å². The van der Waals surface area contributed by atoms with Crippen LogP contribution in [-0.2, 0) is 4.84 Å². The highest BCUT2D eigenvalue weighted by Gasteiger charge is 1.90. The van der Waals surface area contributed by atoms with Crippen molar-refractivity contribution in [2.45, 2.75) is 39.5 Å². The van der Waals surface area contributed by atoms with Crippen LogP contribution >= 0.6 is 0 Å². The first-order chi connectivity index (χ1) is 6.31. The van der Waals surface area contributed by atoms with Gasteiger partial charge in [-0.15, -0.1) is 0 Å². The van der Waals surface area contributed by atoms with Crippen LogP contribution in [-0.4, -0.2) is 18.9 Å². The molecule has 0 heterocycles. The summed E-state index contributed by atoms with van der Waals surface area (Å²) < 4.78 is 0. The van der Waals surface area contributed by atoms with Crippen LogP contribution in [0.15, 0.2) is 10.3 Å². The molecule has 4 nitrogen and oxygen atoms in total. The van der Waals surface area contributed by atoms with Crippen molar-refractivity contribution >= 4 is 5.71 Å². The highest BCUT2D eigenvalue weighted by molar-refractivity contribution is 5.80. The van der Waals surface area contributed by atoms with Gasteiger partial charge in [0.2, 0.25) is 0 Å². The standard InChI is InChI=1S/C9H18N2O2/c1-3-9(2)11-13-8-6-4-5-7-10-12/h3-8H2,1-2H3/b11-9+. The smallest absolute Gasteiger partial charge is 0.117 e. The van der Waals surface area contributed by atoms with Crippen LogP contribution in [0.25, 0.3) is 0 Å². The van der Waals surface area contributed by atoms with Gasteiger partial charge in [-0.05, 0) is 32.6 Å². The van der Waals surface area contributed by atoms with E-state index >= 15 is 0 Å². The third-order valence-corrected chi connectivity index (χ3v) is 1.72. The number of hydrogen-bond acceptors (Lipinski definition) is 4. The Kier molecular flexibility index (Phi) is 8.51. The van der Waals surface area contributed by atoms with Gasteiger partial charge in [0.25, 0.3) is 0 Å². The predicted octanol–water partition coefficient (Wildman–Crippen LogP) is 2.73. The number of nitrogens with zero attached hydrogens (tertiary/aromatic N) is 2. The summed E-state index contributed by atoms with van der Waals surface area (Å²) in [6.07, 6.45) is 3.70. The van der Waals surface area contributed by atoms with Gasteiger partial charge in [0.05, 0.1) is 12.3 Å². The van der Waals surface area contributed by atoms with Crippen LogP contribution in [0.4, 0.5) is 0 Å². The second kappa shape index (κ2) is 9.16. The van der Waals surface area contributed by atoms with Gasteiger partial charge in [0, 0.05) is 0 Å². The van der Waals surface area contributed by atoms with Crippen LogP contribution in [0.1, 0.15) is 39.5 Å². The molecular weight excluding hydrogens is 168 g/mol. The van der Waals surface area contributed by atoms with E-state index in [4.69, 9.17) is 4.84 Å². The van der Waals surface area contributed by atoms with Crippen molar-refractivity contribution in [1.82, 2.24) is 0 Å². The molecule has 0 aromatic rings. The van der Waals surface area contributed by atoms with Crippen LogP contribution in [0.3, 0.4) is 0 Å². The Labute approximate surface area is 79.3 Å². The summed E-state index contributed by atoms with van der Waals surface area (Å²) in [6.45, 7) is 5.03. The molecule has 0 bridgehead atoms. The molecule has 0 fully saturated rings.